The first-order chi connectivity index (χ1) is 1.41. The second kappa shape index (κ2) is 9.07. The van der Waals surface area contributed by atoms with Crippen LogP contribution in [-0.2, 0) is 0 Å². The molecule has 0 amide bonds. The molecule has 0 aliphatic heterocycles. The fraction of sp³-hybridized carbons (Fsp3) is 0. The molecule has 0 saturated carbocycles. The van der Waals surface area contributed by atoms with Crippen molar-refractivity contribution in [2.45, 2.75) is 0 Å². The molecule has 0 aromatic heterocycles. The molecule has 0 rings (SSSR count). The Hall–Kier alpha value is 0.917. The Morgan fingerprint density at radius 3 is 1.75 bits per heavy atom. The third kappa shape index (κ3) is 12.7. The summed E-state index contributed by atoms with van der Waals surface area (Å²) in [6, 6.07) is 0. The molecule has 0 radical (unpaired) electrons. The first-order valence-corrected chi connectivity index (χ1v) is 1.18. The van der Waals surface area contributed by atoms with Crippen molar-refractivity contribution < 1.29 is 28.0 Å². The summed E-state index contributed by atoms with van der Waals surface area (Å²) in [7, 11) is -1.67. The summed E-state index contributed by atoms with van der Waals surface area (Å²) < 4.78 is 9.76. The Balaban J connectivity index is 0. The largest absolute Gasteiger partial charge is 1.00 e. The van der Waals surface area contributed by atoms with Crippen LogP contribution in [0.1, 0.15) is 0 Å². The maximum absolute atomic E-state index is 9.76. The van der Waals surface area contributed by atoms with E-state index in [2.05, 4.69) is 0 Å². The van der Waals surface area contributed by atoms with Crippen molar-refractivity contribution in [1.29, 1.82) is 0 Å². The normalized spacial score (nSPS) is 7.50. The Bertz CT molecular complexity index is 8.00. The van der Waals surface area contributed by atoms with Gasteiger partial charge in [0.15, 0.2) is 0 Å². The van der Waals surface area contributed by atoms with E-state index in [9.17, 15) is 4.20 Å². The maximum atomic E-state index is 9.76. The van der Waals surface area contributed by atoms with Crippen LogP contribution >= 0.6 is 9.12 Å². The fourth-order valence-electron chi connectivity index (χ4n) is 0. The van der Waals surface area contributed by atoms with E-state index >= 15 is 0 Å². The molecule has 4 heteroatoms. The molecule has 0 aliphatic rings. The van der Waals surface area contributed by atoms with Gasteiger partial charge < -0.3 is 4.89 Å². The Labute approximate surface area is 37.8 Å². The van der Waals surface area contributed by atoms with E-state index in [1.165, 1.54) is 0 Å². The van der Waals surface area contributed by atoms with Gasteiger partial charge in [-0.1, -0.05) is 0 Å². The van der Waals surface area contributed by atoms with Gasteiger partial charge in [-0.2, -0.15) is 0 Å². The second-order valence-electron chi connectivity index (χ2n) is 0.0772. The molecule has 20 valence electrons. The summed E-state index contributed by atoms with van der Waals surface area (Å²) >= 11 is 0. The van der Waals surface area contributed by atoms with Crippen molar-refractivity contribution in [3.63, 3.8) is 0 Å². The maximum Gasteiger partial charge on any atom is 1.00 e. The van der Waals surface area contributed by atoms with Crippen molar-refractivity contribution >= 4 is 9.12 Å². The van der Waals surface area contributed by atoms with Crippen LogP contribution in [0.25, 0.3) is 0 Å². The molecule has 4 heavy (non-hydrogen) atoms. The Kier molecular flexibility index (Phi) is 20.1. The van der Waals surface area contributed by atoms with Gasteiger partial charge in [0.05, 0.1) is 0 Å². The van der Waals surface area contributed by atoms with Gasteiger partial charge in [0, 0.05) is 0 Å². The minimum atomic E-state index is -1.67. The van der Waals surface area contributed by atoms with Crippen molar-refractivity contribution in [1.82, 2.24) is 0 Å². The van der Waals surface area contributed by atoms with E-state index in [1.54, 1.807) is 0 Å². The van der Waals surface area contributed by atoms with E-state index in [0.717, 1.165) is 0 Å². The van der Waals surface area contributed by atoms with Crippen LogP contribution in [0, 0.1) is 0 Å². The number of halogens is 1. The zero-order chi connectivity index (χ0) is 2.71. The van der Waals surface area contributed by atoms with Crippen molar-refractivity contribution in [3.8, 4) is 0 Å². The average Bonchev–Trinajstić information content (AvgIpc) is 0.918. The molecule has 0 fully saturated rings. The molecule has 0 aromatic carbocycles. The molecule has 1 unspecified atom stereocenters. The number of rotatable bonds is 0. The average molecular weight is 73.9 g/mol. The zero-order valence-electron chi connectivity index (χ0n) is 2.29. The summed E-state index contributed by atoms with van der Waals surface area (Å²) in [5, 5.41) is 0. The van der Waals surface area contributed by atoms with Gasteiger partial charge in [-0.25, -0.2) is 4.20 Å². The Morgan fingerprint density at radius 1 is 1.75 bits per heavy atom. The fourth-order valence-corrected chi connectivity index (χ4v) is 0. The molecular weight excluding hydrogens is 72.9 g/mol. The SMILES string of the molecule is [Li+].[O-]PF. The summed E-state index contributed by atoms with van der Waals surface area (Å²) in [4.78, 5) is 8.29. The van der Waals surface area contributed by atoms with Crippen LogP contribution < -0.4 is 23.8 Å². The van der Waals surface area contributed by atoms with Gasteiger partial charge in [0.2, 0.25) is 0 Å². The standard InChI is InChI=1S/FHOP.Li/c1-3-2;/h3H;/q-1;+1. The topological polar surface area (TPSA) is 23.1 Å². The van der Waals surface area contributed by atoms with Crippen molar-refractivity contribution in [2.24, 2.45) is 0 Å². The van der Waals surface area contributed by atoms with Crippen molar-refractivity contribution in [3.05, 3.63) is 0 Å². The molecule has 1 atom stereocenters. The first kappa shape index (κ1) is 8.87. The van der Waals surface area contributed by atoms with Gasteiger partial charge >= 0.3 is 18.9 Å². The van der Waals surface area contributed by atoms with Gasteiger partial charge in [0.1, 0.15) is 0 Å². The third-order valence-corrected chi connectivity index (χ3v) is 0. The predicted molar refractivity (Wildman–Crippen MR) is 9.42 cm³/mol. The summed E-state index contributed by atoms with van der Waals surface area (Å²) in [6.07, 6.45) is 0. The van der Waals surface area contributed by atoms with E-state index in [-0.39, 0.29) is 18.9 Å². The first-order valence-electron chi connectivity index (χ1n) is 0.393. The summed E-state index contributed by atoms with van der Waals surface area (Å²) in [5.74, 6) is 0. The second-order valence-corrected chi connectivity index (χ2v) is 0.231. The summed E-state index contributed by atoms with van der Waals surface area (Å²) in [6.45, 7) is 0. The minimum Gasteiger partial charge on any atom is -0.806 e. The van der Waals surface area contributed by atoms with E-state index in [4.69, 9.17) is 4.89 Å². The number of hydrogen-bond donors (Lipinski definition) is 0. The smallest absolute Gasteiger partial charge is 0.806 e. The van der Waals surface area contributed by atoms with Gasteiger partial charge in [-0.15, -0.1) is 0 Å². The molecule has 0 heterocycles. The van der Waals surface area contributed by atoms with Crippen molar-refractivity contribution in [2.75, 3.05) is 0 Å². The number of hydrogen-bond acceptors (Lipinski definition) is 1. The summed E-state index contributed by atoms with van der Waals surface area (Å²) in [5.41, 5.74) is 0. The zero-order valence-corrected chi connectivity index (χ0v) is 3.29. The molecule has 0 aromatic rings. The molecule has 1 nitrogen and oxygen atoms in total. The molecule has 0 spiro atoms. The predicted octanol–water partition coefficient (Wildman–Crippen LogP) is -3.17. The van der Waals surface area contributed by atoms with E-state index in [0.29, 0.717) is 0 Å². The van der Waals surface area contributed by atoms with Crippen LogP contribution in [0.5, 0.6) is 0 Å². The minimum absolute atomic E-state index is 0. The Morgan fingerprint density at radius 2 is 1.75 bits per heavy atom. The molecule has 0 aliphatic carbocycles. The van der Waals surface area contributed by atoms with E-state index < -0.39 is 9.12 Å². The third-order valence-electron chi connectivity index (χ3n) is 0. The van der Waals surface area contributed by atoms with Crippen LogP contribution in [0.3, 0.4) is 0 Å². The van der Waals surface area contributed by atoms with E-state index in [1.807, 2.05) is 0 Å². The molecule has 0 bridgehead atoms. The van der Waals surface area contributed by atoms with Gasteiger partial charge in [-0.05, 0) is 9.12 Å². The van der Waals surface area contributed by atoms with Crippen LogP contribution in [0.4, 0.5) is 4.20 Å². The quantitative estimate of drug-likeness (QED) is 0.219. The van der Waals surface area contributed by atoms with Crippen LogP contribution in [-0.4, -0.2) is 0 Å². The van der Waals surface area contributed by atoms with Gasteiger partial charge in [0.25, 0.3) is 0 Å². The molecular formula is HFLiOP. The van der Waals surface area contributed by atoms with Gasteiger partial charge in [-0.3, -0.25) is 0 Å². The van der Waals surface area contributed by atoms with Crippen LogP contribution in [0.2, 0.25) is 0 Å². The molecule has 0 saturated heterocycles. The van der Waals surface area contributed by atoms with Crippen LogP contribution in [0.15, 0.2) is 0 Å². The monoisotopic (exact) mass is 74.0 g/mol. The molecule has 0 N–H and O–H groups in total.